The predicted molar refractivity (Wildman–Crippen MR) is 105 cm³/mol. The Hall–Kier alpha value is -2.86. The summed E-state index contributed by atoms with van der Waals surface area (Å²) in [5.74, 6) is -0.127. The fraction of sp³-hybridized carbons (Fsp3) is 0.100. The van der Waals surface area contributed by atoms with E-state index in [1.54, 1.807) is 24.3 Å². The maximum absolute atomic E-state index is 12.6. The van der Waals surface area contributed by atoms with Crippen LogP contribution in [0.4, 0.5) is 5.69 Å². The van der Waals surface area contributed by atoms with Crippen molar-refractivity contribution >= 4 is 49.4 Å². The number of anilines is 1. The van der Waals surface area contributed by atoms with Crippen LogP contribution in [-0.2, 0) is 11.3 Å². The van der Waals surface area contributed by atoms with Crippen molar-refractivity contribution in [3.8, 4) is 0 Å². The normalized spacial score (nSPS) is 11.2. The number of carbonyl (C=O) groups is 1. The Morgan fingerprint density at radius 2 is 1.96 bits per heavy atom. The molecule has 1 N–H and O–H groups in total. The van der Waals surface area contributed by atoms with Gasteiger partial charge in [-0.2, -0.15) is 0 Å². The first-order chi connectivity index (χ1) is 12.5. The van der Waals surface area contributed by atoms with E-state index >= 15 is 0 Å². The molecule has 0 radical (unpaired) electrons. The molecular formula is C20H15BrN2O3. The average molecular weight is 411 g/mol. The number of rotatable bonds is 3. The van der Waals surface area contributed by atoms with Crippen LogP contribution in [0.25, 0.3) is 21.9 Å². The van der Waals surface area contributed by atoms with Crippen LogP contribution in [0.5, 0.6) is 0 Å². The minimum atomic E-state index is -0.394. The van der Waals surface area contributed by atoms with Gasteiger partial charge in [-0.15, -0.1) is 0 Å². The minimum Gasteiger partial charge on any atom is -0.423 e. The van der Waals surface area contributed by atoms with Crippen molar-refractivity contribution in [2.75, 3.05) is 5.32 Å². The standard InChI is InChI=1S/C20H15BrN2O3/c1-12-20(21)15-4-2-3-5-16(15)23(12)11-18(24)22-14-7-8-17-13(10-14)6-9-19(25)26-17/h2-10H,11H2,1H3,(H,22,24). The Kier molecular flexibility index (Phi) is 4.12. The van der Waals surface area contributed by atoms with E-state index in [2.05, 4.69) is 21.2 Å². The van der Waals surface area contributed by atoms with Crippen LogP contribution < -0.4 is 10.9 Å². The minimum absolute atomic E-state index is 0.127. The van der Waals surface area contributed by atoms with Crippen LogP contribution >= 0.6 is 15.9 Å². The smallest absolute Gasteiger partial charge is 0.336 e. The number of amides is 1. The summed E-state index contributed by atoms with van der Waals surface area (Å²) in [5.41, 5.74) is 2.76. The summed E-state index contributed by atoms with van der Waals surface area (Å²) in [4.78, 5) is 23.8. The molecule has 130 valence electrons. The molecule has 0 atom stereocenters. The molecule has 2 heterocycles. The van der Waals surface area contributed by atoms with E-state index in [1.807, 2.05) is 35.8 Å². The molecule has 0 aliphatic carbocycles. The van der Waals surface area contributed by atoms with Crippen molar-refractivity contribution in [3.05, 3.63) is 75.2 Å². The summed E-state index contributed by atoms with van der Waals surface area (Å²) in [6, 6.07) is 16.2. The molecule has 0 saturated heterocycles. The molecule has 5 nitrogen and oxygen atoms in total. The van der Waals surface area contributed by atoms with E-state index in [1.165, 1.54) is 6.07 Å². The lowest BCUT2D eigenvalue weighted by Crippen LogP contribution is -2.19. The van der Waals surface area contributed by atoms with Gasteiger partial charge in [0.1, 0.15) is 12.1 Å². The van der Waals surface area contributed by atoms with E-state index in [0.29, 0.717) is 11.3 Å². The molecule has 0 aliphatic rings. The predicted octanol–water partition coefficient (Wildman–Crippen LogP) is 4.46. The maximum atomic E-state index is 12.6. The fourth-order valence-electron chi connectivity index (χ4n) is 3.09. The first-order valence-electron chi connectivity index (χ1n) is 8.10. The van der Waals surface area contributed by atoms with Gasteiger partial charge < -0.3 is 14.3 Å². The summed E-state index contributed by atoms with van der Waals surface area (Å²) >= 11 is 3.60. The number of nitrogens with one attached hydrogen (secondary N) is 1. The number of para-hydroxylation sites is 1. The Balaban J connectivity index is 1.61. The molecule has 0 bridgehead atoms. The first-order valence-corrected chi connectivity index (χ1v) is 8.89. The van der Waals surface area contributed by atoms with Gasteiger partial charge in [-0.05, 0) is 53.2 Å². The van der Waals surface area contributed by atoms with Crippen LogP contribution in [0.2, 0.25) is 0 Å². The van der Waals surface area contributed by atoms with E-state index in [0.717, 1.165) is 26.5 Å². The second-order valence-electron chi connectivity index (χ2n) is 6.06. The van der Waals surface area contributed by atoms with Gasteiger partial charge >= 0.3 is 5.63 Å². The molecule has 0 unspecified atom stereocenters. The van der Waals surface area contributed by atoms with Gasteiger partial charge in [-0.3, -0.25) is 4.79 Å². The topological polar surface area (TPSA) is 64.2 Å². The zero-order valence-electron chi connectivity index (χ0n) is 14.0. The highest BCUT2D eigenvalue weighted by molar-refractivity contribution is 9.10. The monoisotopic (exact) mass is 410 g/mol. The molecule has 2 aromatic carbocycles. The lowest BCUT2D eigenvalue weighted by molar-refractivity contribution is -0.116. The number of fused-ring (bicyclic) bond motifs is 2. The van der Waals surface area contributed by atoms with Gasteiger partial charge in [0.15, 0.2) is 0 Å². The molecule has 6 heteroatoms. The first kappa shape index (κ1) is 16.6. The lowest BCUT2D eigenvalue weighted by atomic mass is 10.2. The van der Waals surface area contributed by atoms with Crippen molar-refractivity contribution in [1.29, 1.82) is 0 Å². The van der Waals surface area contributed by atoms with E-state index in [9.17, 15) is 9.59 Å². The van der Waals surface area contributed by atoms with Crippen LogP contribution in [0.15, 0.2) is 68.3 Å². The van der Waals surface area contributed by atoms with Crippen LogP contribution in [0.3, 0.4) is 0 Å². The molecule has 4 rings (SSSR count). The highest BCUT2D eigenvalue weighted by Crippen LogP contribution is 2.30. The number of aromatic nitrogens is 1. The van der Waals surface area contributed by atoms with E-state index < -0.39 is 5.63 Å². The van der Waals surface area contributed by atoms with Crippen LogP contribution in [0.1, 0.15) is 5.69 Å². The number of hydrogen-bond donors (Lipinski definition) is 1. The van der Waals surface area contributed by atoms with Crippen molar-refractivity contribution in [3.63, 3.8) is 0 Å². The van der Waals surface area contributed by atoms with Gasteiger partial charge in [0.05, 0.1) is 0 Å². The summed E-state index contributed by atoms with van der Waals surface area (Å²) in [7, 11) is 0. The Labute approximate surface area is 157 Å². The molecule has 0 fully saturated rings. The van der Waals surface area contributed by atoms with Gasteiger partial charge in [0.2, 0.25) is 5.91 Å². The van der Waals surface area contributed by atoms with Gasteiger partial charge in [0.25, 0.3) is 0 Å². The third kappa shape index (κ3) is 2.93. The Bertz CT molecular complexity index is 1210. The molecule has 2 aromatic heterocycles. The lowest BCUT2D eigenvalue weighted by Gasteiger charge is -2.10. The summed E-state index contributed by atoms with van der Waals surface area (Å²) in [5, 5.41) is 4.74. The number of hydrogen-bond acceptors (Lipinski definition) is 3. The maximum Gasteiger partial charge on any atom is 0.336 e. The highest BCUT2D eigenvalue weighted by atomic mass is 79.9. The van der Waals surface area contributed by atoms with E-state index in [4.69, 9.17) is 4.42 Å². The third-order valence-electron chi connectivity index (χ3n) is 4.36. The summed E-state index contributed by atoms with van der Waals surface area (Å²) in [6.45, 7) is 2.19. The van der Waals surface area contributed by atoms with Gasteiger partial charge in [0, 0.05) is 38.2 Å². The molecule has 0 saturated carbocycles. The number of halogens is 1. The molecule has 1 amide bonds. The van der Waals surface area contributed by atoms with Crippen molar-refractivity contribution in [2.45, 2.75) is 13.5 Å². The number of benzene rings is 2. The fourth-order valence-corrected chi connectivity index (χ4v) is 3.64. The quantitative estimate of drug-likeness (QED) is 0.507. The third-order valence-corrected chi connectivity index (χ3v) is 5.36. The van der Waals surface area contributed by atoms with Crippen molar-refractivity contribution < 1.29 is 9.21 Å². The van der Waals surface area contributed by atoms with Crippen molar-refractivity contribution in [2.24, 2.45) is 0 Å². The molecular weight excluding hydrogens is 396 g/mol. The number of carbonyl (C=O) groups excluding carboxylic acids is 1. The van der Waals surface area contributed by atoms with Gasteiger partial charge in [-0.25, -0.2) is 4.79 Å². The van der Waals surface area contributed by atoms with Crippen LogP contribution in [-0.4, -0.2) is 10.5 Å². The Morgan fingerprint density at radius 1 is 1.15 bits per heavy atom. The highest BCUT2D eigenvalue weighted by Gasteiger charge is 2.14. The summed E-state index contributed by atoms with van der Waals surface area (Å²) in [6.07, 6.45) is 0. The molecule has 26 heavy (non-hydrogen) atoms. The molecule has 4 aromatic rings. The number of nitrogens with zero attached hydrogens (tertiary/aromatic N) is 1. The second-order valence-corrected chi connectivity index (χ2v) is 6.85. The molecule has 0 aliphatic heterocycles. The summed E-state index contributed by atoms with van der Waals surface area (Å²) < 4.78 is 8.09. The van der Waals surface area contributed by atoms with Gasteiger partial charge in [-0.1, -0.05) is 18.2 Å². The Morgan fingerprint density at radius 3 is 2.81 bits per heavy atom. The SMILES string of the molecule is Cc1c(Br)c2ccccc2n1CC(=O)Nc1ccc2oc(=O)ccc2c1. The second kappa shape index (κ2) is 6.46. The zero-order valence-corrected chi connectivity index (χ0v) is 15.5. The zero-order chi connectivity index (χ0) is 18.3. The molecule has 0 spiro atoms. The van der Waals surface area contributed by atoms with Crippen molar-refractivity contribution in [1.82, 2.24) is 4.57 Å². The average Bonchev–Trinajstić information content (AvgIpc) is 2.87. The van der Waals surface area contributed by atoms with Crippen LogP contribution in [0, 0.1) is 6.92 Å². The largest absolute Gasteiger partial charge is 0.423 e. The van der Waals surface area contributed by atoms with E-state index in [-0.39, 0.29) is 12.5 Å².